The zero-order chi connectivity index (χ0) is 14.5. The monoisotopic (exact) mass is 264 g/mol. The minimum Gasteiger partial charge on any atom is -0.496 e. The third-order valence-corrected chi connectivity index (χ3v) is 2.65. The molecule has 0 aliphatic heterocycles. The maximum Gasteiger partial charge on any atom is 0.314 e. The highest BCUT2D eigenvalue weighted by Crippen LogP contribution is 2.31. The lowest BCUT2D eigenvalue weighted by atomic mass is 9.92. The van der Waals surface area contributed by atoms with Gasteiger partial charge in [-0.25, -0.2) is 0 Å². The van der Waals surface area contributed by atoms with Crippen LogP contribution in [0.4, 0.5) is 5.69 Å². The highest BCUT2D eigenvalue weighted by atomic mass is 16.6. The van der Waals surface area contributed by atoms with Crippen LogP contribution in [-0.4, -0.2) is 18.6 Å². The molecule has 0 aliphatic rings. The Labute approximate surface area is 111 Å². The van der Waals surface area contributed by atoms with E-state index in [4.69, 9.17) is 14.7 Å². The number of ether oxygens (including phenoxy) is 2. The number of nitriles is 1. The summed E-state index contributed by atoms with van der Waals surface area (Å²) in [6.07, 6.45) is 0.493. The van der Waals surface area contributed by atoms with Crippen LogP contribution in [0.15, 0.2) is 18.2 Å². The highest BCUT2D eigenvalue weighted by molar-refractivity contribution is 5.50. The van der Waals surface area contributed by atoms with Gasteiger partial charge in [-0.15, -0.1) is 0 Å². The molecule has 0 spiro atoms. The minimum absolute atomic E-state index is 0.144. The molecule has 0 heterocycles. The van der Waals surface area contributed by atoms with E-state index in [1.807, 2.05) is 0 Å². The van der Waals surface area contributed by atoms with Gasteiger partial charge in [0.15, 0.2) is 5.75 Å². The third-order valence-electron chi connectivity index (χ3n) is 2.65. The number of rotatable bonds is 6. The second-order valence-corrected chi connectivity index (χ2v) is 4.68. The van der Waals surface area contributed by atoms with Crippen molar-refractivity contribution in [3.63, 3.8) is 0 Å². The van der Waals surface area contributed by atoms with Gasteiger partial charge in [-0.1, -0.05) is 0 Å². The van der Waals surface area contributed by atoms with Gasteiger partial charge in [0.25, 0.3) is 0 Å². The quantitative estimate of drug-likeness (QED) is 0.582. The van der Waals surface area contributed by atoms with Crippen LogP contribution in [0.3, 0.4) is 0 Å². The van der Waals surface area contributed by atoms with E-state index in [0.717, 1.165) is 0 Å². The van der Waals surface area contributed by atoms with Crippen LogP contribution in [0.2, 0.25) is 0 Å². The first-order valence-corrected chi connectivity index (χ1v) is 5.76. The van der Waals surface area contributed by atoms with E-state index < -0.39 is 10.3 Å². The van der Waals surface area contributed by atoms with Crippen LogP contribution in [0.5, 0.6) is 11.5 Å². The summed E-state index contributed by atoms with van der Waals surface area (Å²) in [5.74, 6) is 0.580. The average molecular weight is 264 g/mol. The van der Waals surface area contributed by atoms with E-state index in [1.165, 1.54) is 19.2 Å². The van der Waals surface area contributed by atoms with Crippen molar-refractivity contribution in [3.8, 4) is 17.6 Å². The zero-order valence-electron chi connectivity index (χ0n) is 11.2. The first-order valence-electron chi connectivity index (χ1n) is 5.76. The molecule has 0 atom stereocenters. The van der Waals surface area contributed by atoms with Crippen LogP contribution < -0.4 is 9.47 Å². The van der Waals surface area contributed by atoms with Crippen LogP contribution in [0.25, 0.3) is 0 Å². The fourth-order valence-corrected chi connectivity index (χ4v) is 1.36. The largest absolute Gasteiger partial charge is 0.496 e. The Morgan fingerprint density at radius 3 is 2.68 bits per heavy atom. The number of nitro benzene ring substituents is 1. The number of nitrogens with zero attached hydrogens (tertiary/aromatic N) is 2. The maximum atomic E-state index is 10.9. The van der Waals surface area contributed by atoms with Gasteiger partial charge in [0.05, 0.1) is 36.2 Å². The molecule has 0 N–H and O–H groups in total. The number of nitro groups is 1. The fourth-order valence-electron chi connectivity index (χ4n) is 1.36. The van der Waals surface area contributed by atoms with E-state index in [-0.39, 0.29) is 18.0 Å². The van der Waals surface area contributed by atoms with Crippen molar-refractivity contribution in [1.29, 1.82) is 5.26 Å². The molecule has 0 bridgehead atoms. The Bertz CT molecular complexity index is 506. The molecular weight excluding hydrogens is 248 g/mol. The summed E-state index contributed by atoms with van der Waals surface area (Å²) in [6.45, 7) is 3.82. The van der Waals surface area contributed by atoms with Crippen molar-refractivity contribution in [3.05, 3.63) is 28.3 Å². The maximum absolute atomic E-state index is 10.9. The van der Waals surface area contributed by atoms with Crippen molar-refractivity contribution < 1.29 is 14.4 Å². The van der Waals surface area contributed by atoms with Gasteiger partial charge in [-0.2, -0.15) is 5.26 Å². The molecule has 1 aromatic rings. The summed E-state index contributed by atoms with van der Waals surface area (Å²) < 4.78 is 10.3. The number of benzene rings is 1. The van der Waals surface area contributed by atoms with Crippen molar-refractivity contribution >= 4 is 5.69 Å². The molecule has 0 unspecified atom stereocenters. The summed E-state index contributed by atoms with van der Waals surface area (Å²) in [6, 6.07) is 6.55. The predicted molar refractivity (Wildman–Crippen MR) is 69.2 cm³/mol. The lowest BCUT2D eigenvalue weighted by Crippen LogP contribution is -2.13. The Morgan fingerprint density at radius 2 is 2.16 bits per heavy atom. The average Bonchev–Trinajstić information content (AvgIpc) is 2.38. The molecule has 0 aliphatic carbocycles. The molecular formula is C13H16N2O4. The molecule has 6 nitrogen and oxygen atoms in total. The molecule has 1 aromatic carbocycles. The molecule has 19 heavy (non-hydrogen) atoms. The Morgan fingerprint density at radius 1 is 1.47 bits per heavy atom. The van der Waals surface area contributed by atoms with Gasteiger partial charge in [-0.3, -0.25) is 10.1 Å². The van der Waals surface area contributed by atoms with E-state index in [0.29, 0.717) is 12.2 Å². The fraction of sp³-hybridized carbons (Fsp3) is 0.462. The second-order valence-electron chi connectivity index (χ2n) is 4.68. The lowest BCUT2D eigenvalue weighted by Gasteiger charge is -2.15. The Balaban J connectivity index is 2.79. The number of methoxy groups -OCH3 is 1. The van der Waals surface area contributed by atoms with Gasteiger partial charge in [0.2, 0.25) is 0 Å². The first-order chi connectivity index (χ1) is 8.89. The molecule has 0 radical (unpaired) electrons. The number of hydrogen-bond donors (Lipinski definition) is 0. The van der Waals surface area contributed by atoms with Crippen LogP contribution in [0, 0.1) is 26.9 Å². The van der Waals surface area contributed by atoms with E-state index in [2.05, 4.69) is 6.07 Å². The summed E-state index contributed by atoms with van der Waals surface area (Å²) >= 11 is 0. The highest BCUT2D eigenvalue weighted by Gasteiger charge is 2.19. The first kappa shape index (κ1) is 14.8. The molecule has 6 heteroatoms. The standard InChI is InChI=1S/C13H16N2O4/c1-13(2,9-14)6-7-19-12-5-4-10(18-3)8-11(12)15(16)17/h4-5,8H,6-7H2,1-3H3. The number of hydrogen-bond acceptors (Lipinski definition) is 5. The molecule has 0 amide bonds. The van der Waals surface area contributed by atoms with Crippen molar-refractivity contribution in [2.75, 3.05) is 13.7 Å². The van der Waals surface area contributed by atoms with Crippen LogP contribution in [0.1, 0.15) is 20.3 Å². The molecule has 0 saturated carbocycles. The third kappa shape index (κ3) is 4.14. The zero-order valence-corrected chi connectivity index (χ0v) is 11.2. The van der Waals surface area contributed by atoms with Gasteiger partial charge >= 0.3 is 5.69 Å². The van der Waals surface area contributed by atoms with E-state index in [9.17, 15) is 10.1 Å². The summed E-state index contributed by atoms with van der Waals surface area (Å²) in [5, 5.41) is 19.8. The summed E-state index contributed by atoms with van der Waals surface area (Å²) in [4.78, 5) is 10.4. The minimum atomic E-state index is -0.521. The van der Waals surface area contributed by atoms with Crippen molar-refractivity contribution in [1.82, 2.24) is 0 Å². The van der Waals surface area contributed by atoms with Crippen molar-refractivity contribution in [2.24, 2.45) is 5.41 Å². The van der Waals surface area contributed by atoms with Gasteiger partial charge in [0, 0.05) is 0 Å². The molecule has 0 saturated heterocycles. The lowest BCUT2D eigenvalue weighted by molar-refractivity contribution is -0.386. The van der Waals surface area contributed by atoms with Crippen molar-refractivity contribution in [2.45, 2.75) is 20.3 Å². The molecule has 0 aromatic heterocycles. The normalized spacial score (nSPS) is 10.6. The second kappa shape index (κ2) is 6.05. The SMILES string of the molecule is COc1ccc(OCCC(C)(C)C#N)c([N+](=O)[O-])c1. The molecule has 102 valence electrons. The van der Waals surface area contributed by atoms with Gasteiger partial charge in [0.1, 0.15) is 5.75 Å². The van der Waals surface area contributed by atoms with Gasteiger partial charge in [-0.05, 0) is 32.4 Å². The van der Waals surface area contributed by atoms with Gasteiger partial charge < -0.3 is 9.47 Å². The summed E-state index contributed by atoms with van der Waals surface area (Å²) in [5.41, 5.74) is -0.657. The van der Waals surface area contributed by atoms with E-state index in [1.54, 1.807) is 19.9 Å². The van der Waals surface area contributed by atoms with Crippen LogP contribution >= 0.6 is 0 Å². The van der Waals surface area contributed by atoms with Crippen LogP contribution in [-0.2, 0) is 0 Å². The van der Waals surface area contributed by atoms with E-state index >= 15 is 0 Å². The topological polar surface area (TPSA) is 85.4 Å². The predicted octanol–water partition coefficient (Wildman–Crippen LogP) is 2.92. The summed E-state index contributed by atoms with van der Waals surface area (Å²) in [7, 11) is 1.44. The Hall–Kier alpha value is -2.29. The molecule has 1 rings (SSSR count). The molecule has 0 fully saturated rings. The Kier molecular flexibility index (Phi) is 4.70. The smallest absolute Gasteiger partial charge is 0.314 e.